The molecule has 3 aromatic rings. The second-order valence-electron chi connectivity index (χ2n) is 9.71. The van der Waals surface area contributed by atoms with Crippen LogP contribution < -0.4 is 4.74 Å². The highest BCUT2D eigenvalue weighted by Gasteiger charge is 2.38. The molecule has 0 saturated heterocycles. The molecule has 2 aromatic carbocycles. The van der Waals surface area contributed by atoms with Crippen LogP contribution in [0.15, 0.2) is 66.1 Å². The molecule has 0 amide bonds. The third-order valence-corrected chi connectivity index (χ3v) is 8.63. The van der Waals surface area contributed by atoms with E-state index in [1.54, 1.807) is 25.4 Å². The first-order valence-corrected chi connectivity index (χ1v) is 13.6. The van der Waals surface area contributed by atoms with Gasteiger partial charge in [0.05, 0.1) is 6.61 Å². The van der Waals surface area contributed by atoms with E-state index in [9.17, 15) is 13.5 Å². The maximum atomic E-state index is 13.7. The Hall–Kier alpha value is -2.85. The number of nitrogens with zero attached hydrogens (tertiary/aromatic N) is 4. The molecule has 4 rings (SSSR count). The van der Waals surface area contributed by atoms with Crippen LogP contribution in [0, 0.1) is 12.8 Å². The zero-order valence-corrected chi connectivity index (χ0v) is 22.0. The fourth-order valence-corrected chi connectivity index (χ4v) is 6.29. The van der Waals surface area contributed by atoms with Gasteiger partial charge in [-0.15, -0.1) is 0 Å². The Morgan fingerprint density at radius 3 is 2.47 bits per heavy atom. The summed E-state index contributed by atoms with van der Waals surface area (Å²) in [5.74, 6) is 0.204. The van der Waals surface area contributed by atoms with E-state index in [4.69, 9.17) is 4.74 Å². The summed E-state index contributed by atoms with van der Waals surface area (Å²) in [6, 6.07) is 12.8. The first-order chi connectivity index (χ1) is 17.2. The summed E-state index contributed by atoms with van der Waals surface area (Å²) in [5, 5.41) is 9.85. The van der Waals surface area contributed by atoms with Gasteiger partial charge in [-0.2, -0.15) is 4.31 Å². The SMILES string of the molecule is Cc1ccc(-c2ccc3c(c2)O[C@@H](CN(C)Cc2cncnc2)[C@H](C)CN([C@@H](C)CO)S3(=O)=O)cc1. The summed E-state index contributed by atoms with van der Waals surface area (Å²) in [4.78, 5) is 10.4. The van der Waals surface area contributed by atoms with Crippen molar-refractivity contribution >= 4 is 10.0 Å². The van der Waals surface area contributed by atoms with Gasteiger partial charge in [0.15, 0.2) is 0 Å². The third kappa shape index (κ3) is 5.75. The molecule has 3 atom stereocenters. The number of sulfonamides is 1. The Morgan fingerprint density at radius 2 is 1.81 bits per heavy atom. The molecule has 1 aromatic heterocycles. The molecular formula is C27H34N4O4S. The summed E-state index contributed by atoms with van der Waals surface area (Å²) in [7, 11) is -1.88. The van der Waals surface area contributed by atoms with Crippen LogP contribution in [-0.4, -0.2) is 71.6 Å². The van der Waals surface area contributed by atoms with Crippen molar-refractivity contribution in [3.63, 3.8) is 0 Å². The highest BCUT2D eigenvalue weighted by Crippen LogP contribution is 2.36. The van der Waals surface area contributed by atoms with Gasteiger partial charge in [0.25, 0.3) is 0 Å². The van der Waals surface area contributed by atoms with E-state index in [-0.39, 0.29) is 30.1 Å². The Morgan fingerprint density at radius 1 is 1.14 bits per heavy atom. The maximum Gasteiger partial charge on any atom is 0.247 e. The van der Waals surface area contributed by atoms with Crippen molar-refractivity contribution in [1.29, 1.82) is 0 Å². The zero-order chi connectivity index (χ0) is 25.9. The number of aliphatic hydroxyl groups is 1. The number of rotatable bonds is 7. The second kappa shape index (κ2) is 11.0. The smallest absolute Gasteiger partial charge is 0.247 e. The number of hydrogen-bond donors (Lipinski definition) is 1. The molecule has 2 heterocycles. The largest absolute Gasteiger partial charge is 0.487 e. The first kappa shape index (κ1) is 26.2. The lowest BCUT2D eigenvalue weighted by Crippen LogP contribution is -2.49. The van der Waals surface area contributed by atoms with Crippen molar-refractivity contribution in [2.45, 2.75) is 44.4 Å². The fraction of sp³-hybridized carbons (Fsp3) is 0.407. The average Bonchev–Trinajstić information content (AvgIpc) is 2.86. The summed E-state index contributed by atoms with van der Waals surface area (Å²) in [6.07, 6.45) is 4.79. The number of benzene rings is 2. The van der Waals surface area contributed by atoms with E-state index in [1.165, 1.54) is 10.6 Å². The Balaban J connectivity index is 1.72. The minimum absolute atomic E-state index is 0.120. The van der Waals surface area contributed by atoms with E-state index < -0.39 is 16.1 Å². The number of likely N-dealkylation sites (N-methyl/N-ethyl adjacent to an activating group) is 1. The molecule has 0 fully saturated rings. The molecule has 0 bridgehead atoms. The van der Waals surface area contributed by atoms with Gasteiger partial charge in [-0.05, 0) is 44.2 Å². The van der Waals surface area contributed by atoms with Crippen LogP contribution in [0.25, 0.3) is 11.1 Å². The summed E-state index contributed by atoms with van der Waals surface area (Å²) in [6.45, 7) is 6.94. The topological polar surface area (TPSA) is 95.9 Å². The fourth-order valence-electron chi connectivity index (χ4n) is 4.46. The third-order valence-electron chi connectivity index (χ3n) is 6.61. The molecular weight excluding hydrogens is 476 g/mol. The van der Waals surface area contributed by atoms with Crippen molar-refractivity contribution in [1.82, 2.24) is 19.2 Å². The molecule has 1 N–H and O–H groups in total. The molecule has 0 radical (unpaired) electrons. The van der Waals surface area contributed by atoms with Crippen molar-refractivity contribution in [2.24, 2.45) is 5.92 Å². The van der Waals surface area contributed by atoms with Gasteiger partial charge < -0.3 is 9.84 Å². The number of hydrogen-bond acceptors (Lipinski definition) is 7. The molecule has 0 spiro atoms. The number of aryl methyl sites for hydroxylation is 1. The van der Waals surface area contributed by atoms with Gasteiger partial charge in [0, 0.05) is 49.6 Å². The number of aromatic nitrogens is 2. The lowest BCUT2D eigenvalue weighted by molar-refractivity contribution is 0.0733. The van der Waals surface area contributed by atoms with Crippen LogP contribution in [-0.2, 0) is 16.6 Å². The van der Waals surface area contributed by atoms with E-state index >= 15 is 0 Å². The van der Waals surface area contributed by atoms with E-state index in [0.717, 1.165) is 22.3 Å². The Kier molecular flexibility index (Phi) is 8.04. The van der Waals surface area contributed by atoms with E-state index in [0.29, 0.717) is 18.8 Å². The lowest BCUT2D eigenvalue weighted by atomic mass is 10.0. The monoisotopic (exact) mass is 510 g/mol. The summed E-state index contributed by atoms with van der Waals surface area (Å²) < 4.78 is 35.3. The molecule has 192 valence electrons. The quantitative estimate of drug-likeness (QED) is 0.521. The normalized spacial score (nSPS) is 20.7. The van der Waals surface area contributed by atoms with Crippen LogP contribution in [0.2, 0.25) is 0 Å². The predicted octanol–water partition coefficient (Wildman–Crippen LogP) is 3.35. The van der Waals surface area contributed by atoms with E-state index in [1.807, 2.05) is 57.3 Å². The van der Waals surface area contributed by atoms with E-state index in [2.05, 4.69) is 14.9 Å². The van der Waals surface area contributed by atoms with Gasteiger partial charge in [0.1, 0.15) is 23.1 Å². The van der Waals surface area contributed by atoms with Gasteiger partial charge in [-0.3, -0.25) is 4.90 Å². The highest BCUT2D eigenvalue weighted by atomic mass is 32.2. The van der Waals surface area contributed by atoms with Crippen LogP contribution in [0.1, 0.15) is 25.0 Å². The Labute approximate surface area is 213 Å². The molecule has 1 aliphatic rings. The molecule has 36 heavy (non-hydrogen) atoms. The molecule has 0 aliphatic carbocycles. The van der Waals surface area contributed by atoms with Crippen LogP contribution >= 0.6 is 0 Å². The van der Waals surface area contributed by atoms with Crippen LogP contribution in [0.5, 0.6) is 5.75 Å². The number of fused-ring (bicyclic) bond motifs is 1. The Bertz CT molecular complexity index is 1270. The zero-order valence-electron chi connectivity index (χ0n) is 21.2. The number of aliphatic hydroxyl groups excluding tert-OH is 1. The van der Waals surface area contributed by atoms with Gasteiger partial charge in [-0.1, -0.05) is 42.8 Å². The lowest BCUT2D eigenvalue weighted by Gasteiger charge is -2.37. The molecule has 8 nitrogen and oxygen atoms in total. The predicted molar refractivity (Wildman–Crippen MR) is 139 cm³/mol. The molecule has 0 saturated carbocycles. The summed E-state index contributed by atoms with van der Waals surface area (Å²) in [5.41, 5.74) is 4.00. The number of ether oxygens (including phenoxy) is 1. The highest BCUT2D eigenvalue weighted by molar-refractivity contribution is 7.89. The van der Waals surface area contributed by atoms with Crippen LogP contribution in [0.4, 0.5) is 0 Å². The summed E-state index contributed by atoms with van der Waals surface area (Å²) >= 11 is 0. The second-order valence-corrected chi connectivity index (χ2v) is 11.6. The minimum atomic E-state index is -3.87. The van der Waals surface area contributed by atoms with Crippen molar-refractivity contribution < 1.29 is 18.3 Å². The van der Waals surface area contributed by atoms with Crippen molar-refractivity contribution in [3.8, 4) is 16.9 Å². The molecule has 1 aliphatic heterocycles. The van der Waals surface area contributed by atoms with Gasteiger partial charge >= 0.3 is 0 Å². The van der Waals surface area contributed by atoms with Gasteiger partial charge in [-0.25, -0.2) is 18.4 Å². The minimum Gasteiger partial charge on any atom is -0.487 e. The standard InChI is InChI=1S/C27H34N4O4S/c1-19-5-7-23(8-6-19)24-9-10-27-25(11-24)35-26(16-30(4)15-22-12-28-18-29-13-22)20(2)14-31(21(3)17-32)36(27,33)34/h5-13,18,20-21,26,32H,14-17H2,1-4H3/t20-,21+,26+/m1/s1. The first-order valence-electron chi connectivity index (χ1n) is 12.1. The van der Waals surface area contributed by atoms with Gasteiger partial charge in [0.2, 0.25) is 10.0 Å². The average molecular weight is 511 g/mol. The maximum absolute atomic E-state index is 13.7. The molecule has 9 heteroatoms. The van der Waals surface area contributed by atoms with Crippen LogP contribution in [0.3, 0.4) is 0 Å². The van der Waals surface area contributed by atoms with Crippen molar-refractivity contribution in [3.05, 3.63) is 72.3 Å². The van der Waals surface area contributed by atoms with Crippen molar-refractivity contribution in [2.75, 3.05) is 26.7 Å². The molecule has 0 unspecified atom stereocenters.